The van der Waals surface area contributed by atoms with Crippen molar-refractivity contribution in [3.63, 3.8) is 0 Å². The van der Waals surface area contributed by atoms with Gasteiger partial charge < -0.3 is 9.26 Å². The molecular formula is C8H10N2O2. The maximum absolute atomic E-state index is 4.94. The first-order valence-electron chi connectivity index (χ1n) is 3.46. The van der Waals surface area contributed by atoms with Gasteiger partial charge in [-0.2, -0.15) is 4.98 Å². The number of aromatic nitrogens is 2. The maximum atomic E-state index is 4.94. The molecule has 0 fully saturated rings. The van der Waals surface area contributed by atoms with Crippen LogP contribution in [0.3, 0.4) is 0 Å². The van der Waals surface area contributed by atoms with Crippen LogP contribution in [-0.2, 0) is 4.74 Å². The molecular weight excluding hydrogens is 156 g/mol. The number of rotatable bonds is 3. The van der Waals surface area contributed by atoms with E-state index in [4.69, 9.17) is 4.74 Å². The molecule has 0 aromatic carbocycles. The first kappa shape index (κ1) is 8.52. The number of hydrogen-bond donors (Lipinski definition) is 0. The summed E-state index contributed by atoms with van der Waals surface area (Å²) in [6.07, 6.45) is 3.08. The average molecular weight is 166 g/mol. The standard InChI is InChI=1S/C8H10N2O2/c1-4-7(6(2)11-3)8-9-5-12-10-8/h4-5H,2H2,1,3H3. The molecule has 1 heterocycles. The molecule has 0 aliphatic rings. The zero-order valence-electron chi connectivity index (χ0n) is 7.07. The third-order valence-electron chi connectivity index (χ3n) is 1.44. The molecule has 1 aromatic heterocycles. The summed E-state index contributed by atoms with van der Waals surface area (Å²) in [6.45, 7) is 5.55. The third kappa shape index (κ3) is 1.53. The molecule has 12 heavy (non-hydrogen) atoms. The lowest BCUT2D eigenvalue weighted by Gasteiger charge is -2.03. The molecule has 64 valence electrons. The van der Waals surface area contributed by atoms with Gasteiger partial charge in [0, 0.05) is 0 Å². The average Bonchev–Trinajstić information content (AvgIpc) is 2.58. The van der Waals surface area contributed by atoms with Gasteiger partial charge in [0.25, 0.3) is 0 Å². The van der Waals surface area contributed by atoms with Crippen molar-refractivity contribution < 1.29 is 9.26 Å². The molecule has 4 heteroatoms. The van der Waals surface area contributed by atoms with Gasteiger partial charge in [-0.15, -0.1) is 0 Å². The largest absolute Gasteiger partial charge is 0.497 e. The van der Waals surface area contributed by atoms with Crippen LogP contribution in [0.25, 0.3) is 5.57 Å². The highest BCUT2D eigenvalue weighted by Gasteiger charge is 2.09. The molecule has 0 N–H and O–H groups in total. The molecule has 0 aliphatic carbocycles. The number of nitrogens with zero attached hydrogens (tertiary/aromatic N) is 2. The van der Waals surface area contributed by atoms with Crippen molar-refractivity contribution >= 4 is 5.57 Å². The summed E-state index contributed by atoms with van der Waals surface area (Å²) in [5, 5.41) is 3.66. The minimum atomic E-state index is 0.490. The summed E-state index contributed by atoms with van der Waals surface area (Å²) in [5.74, 6) is 1.02. The molecule has 1 aromatic rings. The van der Waals surface area contributed by atoms with Crippen LogP contribution in [0.5, 0.6) is 0 Å². The second kappa shape index (κ2) is 3.71. The number of hydrogen-bond acceptors (Lipinski definition) is 4. The van der Waals surface area contributed by atoms with Crippen LogP contribution in [0.2, 0.25) is 0 Å². The quantitative estimate of drug-likeness (QED) is 0.505. The second-order valence-electron chi connectivity index (χ2n) is 2.08. The zero-order valence-corrected chi connectivity index (χ0v) is 7.07. The Hall–Kier alpha value is -1.58. The van der Waals surface area contributed by atoms with Gasteiger partial charge in [0.15, 0.2) is 0 Å². The van der Waals surface area contributed by atoms with Crippen molar-refractivity contribution in [1.82, 2.24) is 10.1 Å². The summed E-state index contributed by atoms with van der Waals surface area (Å²) in [7, 11) is 1.55. The van der Waals surface area contributed by atoms with Crippen LogP contribution in [0.4, 0.5) is 0 Å². The Balaban J connectivity index is 2.93. The van der Waals surface area contributed by atoms with E-state index in [9.17, 15) is 0 Å². The van der Waals surface area contributed by atoms with Crippen LogP contribution >= 0.6 is 0 Å². The van der Waals surface area contributed by atoms with E-state index in [1.54, 1.807) is 7.11 Å². The third-order valence-corrected chi connectivity index (χ3v) is 1.44. The van der Waals surface area contributed by atoms with E-state index in [1.165, 1.54) is 6.39 Å². The minimum Gasteiger partial charge on any atom is -0.497 e. The van der Waals surface area contributed by atoms with Crippen LogP contribution in [0.15, 0.2) is 29.3 Å². The van der Waals surface area contributed by atoms with Crippen molar-refractivity contribution in [2.45, 2.75) is 6.92 Å². The van der Waals surface area contributed by atoms with E-state index in [-0.39, 0.29) is 0 Å². The lowest BCUT2D eigenvalue weighted by Crippen LogP contribution is -1.92. The number of allylic oxidation sites excluding steroid dienone is 2. The summed E-state index contributed by atoms with van der Waals surface area (Å²) in [6, 6.07) is 0. The first-order valence-corrected chi connectivity index (χ1v) is 3.46. The molecule has 0 spiro atoms. The Kier molecular flexibility index (Phi) is 2.63. The van der Waals surface area contributed by atoms with Gasteiger partial charge in [-0.25, -0.2) is 0 Å². The second-order valence-corrected chi connectivity index (χ2v) is 2.08. The molecule has 0 saturated heterocycles. The summed E-state index contributed by atoms with van der Waals surface area (Å²) < 4.78 is 9.54. The van der Waals surface area contributed by atoms with Gasteiger partial charge in [0.05, 0.1) is 12.7 Å². The molecule has 0 bridgehead atoms. The Morgan fingerprint density at radius 3 is 2.92 bits per heavy atom. The normalized spacial score (nSPS) is 11.3. The van der Waals surface area contributed by atoms with Crippen molar-refractivity contribution in [2.24, 2.45) is 0 Å². The zero-order chi connectivity index (χ0) is 8.97. The SMILES string of the molecule is C=C(OC)C(=CC)c1ncon1. The lowest BCUT2D eigenvalue weighted by atomic mass is 10.2. The van der Waals surface area contributed by atoms with Crippen molar-refractivity contribution in [3.8, 4) is 0 Å². The highest BCUT2D eigenvalue weighted by Crippen LogP contribution is 2.17. The van der Waals surface area contributed by atoms with Gasteiger partial charge >= 0.3 is 0 Å². The smallest absolute Gasteiger partial charge is 0.214 e. The first-order chi connectivity index (χ1) is 5.79. The Morgan fingerprint density at radius 2 is 2.50 bits per heavy atom. The summed E-state index contributed by atoms with van der Waals surface area (Å²) >= 11 is 0. The van der Waals surface area contributed by atoms with Crippen molar-refractivity contribution in [3.05, 3.63) is 30.6 Å². The lowest BCUT2D eigenvalue weighted by molar-refractivity contribution is 0.312. The molecule has 0 amide bonds. The number of ether oxygens (including phenoxy) is 1. The fourth-order valence-electron chi connectivity index (χ4n) is 0.814. The van der Waals surface area contributed by atoms with Gasteiger partial charge in [0.2, 0.25) is 12.2 Å². The predicted octanol–water partition coefficient (Wildman–Crippen LogP) is 1.63. The monoisotopic (exact) mass is 166 g/mol. The summed E-state index contributed by atoms with van der Waals surface area (Å²) in [4.78, 5) is 3.87. The van der Waals surface area contributed by atoms with E-state index >= 15 is 0 Å². The van der Waals surface area contributed by atoms with E-state index in [2.05, 4.69) is 21.2 Å². The van der Waals surface area contributed by atoms with Crippen LogP contribution in [-0.4, -0.2) is 17.3 Å². The molecule has 1 rings (SSSR count). The fourth-order valence-corrected chi connectivity index (χ4v) is 0.814. The van der Waals surface area contributed by atoms with E-state index in [0.29, 0.717) is 11.6 Å². The Bertz CT molecular complexity index is 288. The molecule has 4 nitrogen and oxygen atoms in total. The van der Waals surface area contributed by atoms with Gasteiger partial charge in [-0.1, -0.05) is 17.8 Å². The molecule has 0 aliphatic heterocycles. The summed E-state index contributed by atoms with van der Waals surface area (Å²) in [5.41, 5.74) is 0.742. The molecule has 0 atom stereocenters. The maximum Gasteiger partial charge on any atom is 0.214 e. The topological polar surface area (TPSA) is 48.2 Å². The van der Waals surface area contributed by atoms with Crippen LogP contribution in [0, 0.1) is 0 Å². The fraction of sp³-hybridized carbons (Fsp3) is 0.250. The van der Waals surface area contributed by atoms with Crippen molar-refractivity contribution in [1.29, 1.82) is 0 Å². The predicted molar refractivity (Wildman–Crippen MR) is 44.1 cm³/mol. The Morgan fingerprint density at radius 1 is 1.75 bits per heavy atom. The van der Waals surface area contributed by atoms with Gasteiger partial charge in [-0.05, 0) is 6.92 Å². The van der Waals surface area contributed by atoms with Gasteiger partial charge in [0.1, 0.15) is 5.76 Å². The molecule has 0 radical (unpaired) electrons. The molecule has 0 unspecified atom stereocenters. The van der Waals surface area contributed by atoms with E-state index < -0.39 is 0 Å². The molecule has 0 saturated carbocycles. The number of methoxy groups -OCH3 is 1. The highest BCUT2D eigenvalue weighted by molar-refractivity contribution is 5.71. The highest BCUT2D eigenvalue weighted by atomic mass is 16.5. The van der Waals surface area contributed by atoms with Crippen LogP contribution < -0.4 is 0 Å². The van der Waals surface area contributed by atoms with E-state index in [1.807, 2.05) is 13.0 Å². The van der Waals surface area contributed by atoms with E-state index in [0.717, 1.165) is 5.57 Å². The van der Waals surface area contributed by atoms with Gasteiger partial charge in [-0.3, -0.25) is 0 Å². The minimum absolute atomic E-state index is 0.490. The van der Waals surface area contributed by atoms with Crippen molar-refractivity contribution in [2.75, 3.05) is 7.11 Å². The Labute approximate surface area is 70.5 Å². The van der Waals surface area contributed by atoms with Crippen LogP contribution in [0.1, 0.15) is 12.7 Å².